The van der Waals surface area contributed by atoms with Crippen molar-refractivity contribution in [1.29, 1.82) is 0 Å². The van der Waals surface area contributed by atoms with Gasteiger partial charge in [-0.05, 0) is 23.8 Å². The first kappa shape index (κ1) is 11.1. The second-order valence-electron chi connectivity index (χ2n) is 2.94. The molecule has 1 aromatic rings. The first-order valence-corrected chi connectivity index (χ1v) is 4.99. The van der Waals surface area contributed by atoms with Crippen LogP contribution < -0.4 is 0 Å². The van der Waals surface area contributed by atoms with Gasteiger partial charge in [-0.25, -0.2) is 4.39 Å². The number of hydrogen-bond donors (Lipinski definition) is 0. The molecule has 0 fully saturated rings. The first-order chi connectivity index (χ1) is 6.63. The fourth-order valence-electron chi connectivity index (χ4n) is 1.12. The number of carbonyl (C=O) groups is 1. The summed E-state index contributed by atoms with van der Waals surface area (Å²) in [6.45, 7) is 3.48. The maximum atomic E-state index is 12.8. The van der Waals surface area contributed by atoms with Gasteiger partial charge in [-0.2, -0.15) is 0 Å². The first-order valence-electron chi connectivity index (χ1n) is 4.20. The summed E-state index contributed by atoms with van der Waals surface area (Å²) in [6, 6.07) is 4.32. The average molecular weight is 257 g/mol. The van der Waals surface area contributed by atoms with Gasteiger partial charge in [0, 0.05) is 17.3 Å². The number of rotatable bonds is 4. The van der Waals surface area contributed by atoms with E-state index < -0.39 is 0 Å². The summed E-state index contributed by atoms with van der Waals surface area (Å²) < 4.78 is 13.6. The molecule has 0 aliphatic carbocycles. The number of benzene rings is 1. The Morgan fingerprint density at radius 1 is 1.57 bits per heavy atom. The second-order valence-corrected chi connectivity index (χ2v) is 3.80. The Labute approximate surface area is 90.8 Å². The molecule has 0 N–H and O–H groups in total. The van der Waals surface area contributed by atoms with Gasteiger partial charge >= 0.3 is 0 Å². The van der Waals surface area contributed by atoms with E-state index >= 15 is 0 Å². The van der Waals surface area contributed by atoms with Gasteiger partial charge in [0.05, 0.1) is 0 Å². The molecule has 3 heteroatoms. The molecule has 0 spiro atoms. The molecule has 0 aliphatic heterocycles. The van der Waals surface area contributed by atoms with E-state index in [9.17, 15) is 9.18 Å². The minimum atomic E-state index is -0.324. The maximum absolute atomic E-state index is 12.8. The van der Waals surface area contributed by atoms with Crippen LogP contribution >= 0.6 is 15.9 Å². The third-order valence-electron chi connectivity index (χ3n) is 1.77. The Bertz CT molecular complexity index is 360. The van der Waals surface area contributed by atoms with Gasteiger partial charge in [0.2, 0.25) is 0 Å². The molecule has 14 heavy (non-hydrogen) atoms. The molecule has 0 heterocycles. The van der Waals surface area contributed by atoms with Crippen LogP contribution in [-0.4, -0.2) is 5.78 Å². The van der Waals surface area contributed by atoms with Gasteiger partial charge in [0.25, 0.3) is 0 Å². The number of allylic oxidation sites excluding steroid dienone is 1. The van der Waals surface area contributed by atoms with Gasteiger partial charge in [0.15, 0.2) is 0 Å². The Kier molecular flexibility index (Phi) is 4.01. The van der Waals surface area contributed by atoms with Crippen LogP contribution in [0.3, 0.4) is 0 Å². The zero-order valence-electron chi connectivity index (χ0n) is 7.59. The van der Waals surface area contributed by atoms with Crippen molar-refractivity contribution in [2.45, 2.75) is 12.8 Å². The average Bonchev–Trinajstić information content (AvgIpc) is 2.12. The van der Waals surface area contributed by atoms with Crippen LogP contribution in [0.2, 0.25) is 0 Å². The monoisotopic (exact) mass is 256 g/mol. The van der Waals surface area contributed by atoms with Crippen LogP contribution in [0.4, 0.5) is 4.39 Å². The minimum Gasteiger partial charge on any atom is -0.299 e. The van der Waals surface area contributed by atoms with E-state index in [0.717, 1.165) is 4.47 Å². The topological polar surface area (TPSA) is 17.1 Å². The Balaban J connectivity index is 2.80. The molecule has 0 aliphatic rings. The zero-order valence-corrected chi connectivity index (χ0v) is 9.18. The van der Waals surface area contributed by atoms with E-state index in [4.69, 9.17) is 0 Å². The van der Waals surface area contributed by atoms with Crippen LogP contribution in [-0.2, 0) is 11.2 Å². The van der Waals surface area contributed by atoms with Crippen molar-refractivity contribution in [2.24, 2.45) is 0 Å². The van der Waals surface area contributed by atoms with Gasteiger partial charge in [0.1, 0.15) is 11.6 Å². The van der Waals surface area contributed by atoms with E-state index in [1.807, 2.05) is 0 Å². The highest BCUT2D eigenvalue weighted by molar-refractivity contribution is 9.10. The van der Waals surface area contributed by atoms with E-state index in [1.165, 1.54) is 12.1 Å². The van der Waals surface area contributed by atoms with Gasteiger partial charge < -0.3 is 0 Å². The fourth-order valence-corrected chi connectivity index (χ4v) is 1.51. The predicted octanol–water partition coefficient (Wildman–Crippen LogP) is 3.28. The summed E-state index contributed by atoms with van der Waals surface area (Å²) in [5.74, 6) is -0.291. The molecule has 74 valence electrons. The third-order valence-corrected chi connectivity index (χ3v) is 2.54. The Morgan fingerprint density at radius 3 is 2.93 bits per heavy atom. The lowest BCUT2D eigenvalue weighted by molar-refractivity contribution is -0.117. The summed E-state index contributed by atoms with van der Waals surface area (Å²) in [7, 11) is 0. The minimum absolute atomic E-state index is 0.0336. The zero-order chi connectivity index (χ0) is 10.6. The molecular formula is C11H10BrFO. The van der Waals surface area contributed by atoms with E-state index in [0.29, 0.717) is 12.0 Å². The third kappa shape index (κ3) is 3.07. The highest BCUT2D eigenvalue weighted by Crippen LogP contribution is 2.18. The Hall–Kier alpha value is -0.960. The number of halogens is 2. The summed E-state index contributed by atoms with van der Waals surface area (Å²) in [5, 5.41) is 0. The van der Waals surface area contributed by atoms with Crippen molar-refractivity contribution in [2.75, 3.05) is 0 Å². The van der Waals surface area contributed by atoms with Crippen LogP contribution in [0.1, 0.15) is 12.0 Å². The van der Waals surface area contributed by atoms with Crippen molar-refractivity contribution in [3.63, 3.8) is 0 Å². The van der Waals surface area contributed by atoms with E-state index in [-0.39, 0.29) is 18.0 Å². The van der Waals surface area contributed by atoms with Gasteiger partial charge in [-0.1, -0.05) is 22.0 Å². The molecule has 0 bridgehead atoms. The molecule has 0 radical (unpaired) electrons. The summed E-state index contributed by atoms with van der Waals surface area (Å²) in [4.78, 5) is 11.3. The molecule has 0 amide bonds. The molecule has 1 rings (SSSR count). The molecule has 1 nitrogen and oxygen atoms in total. The molecule has 0 saturated carbocycles. The normalized spacial score (nSPS) is 9.86. The summed E-state index contributed by atoms with van der Waals surface area (Å²) in [5.41, 5.74) is 0.678. The van der Waals surface area contributed by atoms with E-state index in [2.05, 4.69) is 22.5 Å². The summed E-state index contributed by atoms with van der Waals surface area (Å²) in [6.07, 6.45) is 2.11. The second kappa shape index (κ2) is 5.05. The lowest BCUT2D eigenvalue weighted by atomic mass is 10.1. The molecule has 0 aromatic heterocycles. The summed E-state index contributed by atoms with van der Waals surface area (Å²) >= 11 is 3.27. The number of Topliss-reactive ketones (excluding diaryl/α,β-unsaturated/α-hetero) is 1. The van der Waals surface area contributed by atoms with Crippen molar-refractivity contribution >= 4 is 21.7 Å². The molecule has 0 saturated heterocycles. The van der Waals surface area contributed by atoms with E-state index in [1.54, 1.807) is 12.1 Å². The quantitative estimate of drug-likeness (QED) is 0.756. The maximum Gasteiger partial charge on any atom is 0.141 e. The largest absolute Gasteiger partial charge is 0.299 e. The standard InChI is InChI=1S/C11H10BrFO/c1-2-3-10(14)7-8-6-9(13)4-5-11(8)12/h2,4-6H,1,3,7H2. The predicted molar refractivity (Wildman–Crippen MR) is 57.6 cm³/mol. The Morgan fingerprint density at radius 2 is 2.29 bits per heavy atom. The fraction of sp³-hybridized carbons (Fsp3) is 0.182. The molecule has 0 unspecified atom stereocenters. The molecule has 1 aromatic carbocycles. The number of hydrogen-bond acceptors (Lipinski definition) is 1. The van der Waals surface area contributed by atoms with Crippen molar-refractivity contribution in [3.8, 4) is 0 Å². The van der Waals surface area contributed by atoms with Crippen LogP contribution in [0, 0.1) is 5.82 Å². The molecule has 0 atom stereocenters. The number of carbonyl (C=O) groups excluding carboxylic acids is 1. The smallest absolute Gasteiger partial charge is 0.141 e. The van der Waals surface area contributed by atoms with Crippen LogP contribution in [0.15, 0.2) is 35.3 Å². The lowest BCUT2D eigenvalue weighted by Crippen LogP contribution is -2.01. The lowest BCUT2D eigenvalue weighted by Gasteiger charge is -2.02. The van der Waals surface area contributed by atoms with Gasteiger partial charge in [-0.3, -0.25) is 4.79 Å². The van der Waals surface area contributed by atoms with Crippen LogP contribution in [0.5, 0.6) is 0 Å². The highest BCUT2D eigenvalue weighted by Gasteiger charge is 2.06. The van der Waals surface area contributed by atoms with Crippen LogP contribution in [0.25, 0.3) is 0 Å². The van der Waals surface area contributed by atoms with Crippen molar-refractivity contribution < 1.29 is 9.18 Å². The highest BCUT2D eigenvalue weighted by atomic mass is 79.9. The number of ketones is 1. The van der Waals surface area contributed by atoms with Crippen molar-refractivity contribution in [3.05, 3.63) is 46.7 Å². The molecular weight excluding hydrogens is 247 g/mol. The van der Waals surface area contributed by atoms with Gasteiger partial charge in [-0.15, -0.1) is 6.58 Å². The SMILES string of the molecule is C=CCC(=O)Cc1cc(F)ccc1Br. The van der Waals surface area contributed by atoms with Crippen molar-refractivity contribution in [1.82, 2.24) is 0 Å².